The average Bonchev–Trinajstić information content (AvgIpc) is 2.47. The summed E-state index contributed by atoms with van der Waals surface area (Å²) < 4.78 is 24.0. The largest absolute Gasteiger partial charge is 0.356 e. The first kappa shape index (κ1) is 17.2. The second-order valence-electron chi connectivity index (χ2n) is 4.60. The van der Waals surface area contributed by atoms with E-state index in [1.165, 1.54) is 0 Å². The molecule has 0 saturated carbocycles. The number of nitrogens with zero attached hydrogens (tertiary/aromatic N) is 1. The second-order valence-corrected chi connectivity index (χ2v) is 6.78. The van der Waals surface area contributed by atoms with Crippen LogP contribution in [-0.4, -0.2) is 40.3 Å². The third kappa shape index (κ3) is 7.51. The van der Waals surface area contributed by atoms with Crippen molar-refractivity contribution in [1.29, 1.82) is 0 Å². The van der Waals surface area contributed by atoms with Crippen molar-refractivity contribution in [1.82, 2.24) is 10.6 Å². The molecule has 116 valence electrons. The van der Waals surface area contributed by atoms with Gasteiger partial charge in [-0.1, -0.05) is 36.4 Å². The normalized spacial score (nSPS) is 12.0. The summed E-state index contributed by atoms with van der Waals surface area (Å²) in [6, 6.07) is 9.24. The monoisotopic (exact) mass is 309 g/mol. The SMILES string of the molecule is C=CCNC(=NC)NCCCS(=O)(=O)Cc1ccccc1. The van der Waals surface area contributed by atoms with Crippen LogP contribution in [0.25, 0.3) is 0 Å². The number of hydrogen-bond acceptors (Lipinski definition) is 3. The fraction of sp³-hybridized carbons (Fsp3) is 0.400. The predicted molar refractivity (Wildman–Crippen MR) is 88.1 cm³/mol. The molecule has 0 heterocycles. The summed E-state index contributed by atoms with van der Waals surface area (Å²) in [5, 5.41) is 6.10. The maximum atomic E-state index is 12.0. The van der Waals surface area contributed by atoms with Gasteiger partial charge in [-0.25, -0.2) is 8.42 Å². The van der Waals surface area contributed by atoms with E-state index in [0.29, 0.717) is 25.5 Å². The zero-order valence-electron chi connectivity index (χ0n) is 12.4. The standard InChI is InChI=1S/C15H23N3O2S/c1-3-10-17-15(16-2)18-11-7-12-21(19,20)13-14-8-5-4-6-9-14/h3-6,8-9H,1,7,10-13H2,2H3,(H2,16,17,18). The van der Waals surface area contributed by atoms with E-state index in [1.807, 2.05) is 30.3 Å². The van der Waals surface area contributed by atoms with E-state index in [0.717, 1.165) is 5.56 Å². The van der Waals surface area contributed by atoms with Crippen molar-refractivity contribution >= 4 is 15.8 Å². The fourth-order valence-electron chi connectivity index (χ4n) is 1.79. The van der Waals surface area contributed by atoms with Gasteiger partial charge in [0, 0.05) is 20.1 Å². The van der Waals surface area contributed by atoms with E-state index in [1.54, 1.807) is 13.1 Å². The van der Waals surface area contributed by atoms with Crippen molar-refractivity contribution in [3.05, 3.63) is 48.6 Å². The van der Waals surface area contributed by atoms with Crippen molar-refractivity contribution in [2.24, 2.45) is 4.99 Å². The molecule has 2 N–H and O–H groups in total. The third-order valence-electron chi connectivity index (χ3n) is 2.79. The Morgan fingerprint density at radius 3 is 2.62 bits per heavy atom. The summed E-state index contributed by atoms with van der Waals surface area (Å²) in [4.78, 5) is 4.02. The van der Waals surface area contributed by atoms with Crippen LogP contribution in [0, 0.1) is 0 Å². The Kier molecular flexibility index (Phi) is 7.53. The molecule has 1 aromatic carbocycles. The van der Waals surface area contributed by atoms with Crippen molar-refractivity contribution in [3.63, 3.8) is 0 Å². The molecule has 21 heavy (non-hydrogen) atoms. The molecule has 0 aliphatic heterocycles. The molecule has 0 amide bonds. The topological polar surface area (TPSA) is 70.6 Å². The van der Waals surface area contributed by atoms with Gasteiger partial charge in [0.15, 0.2) is 15.8 Å². The summed E-state index contributed by atoms with van der Waals surface area (Å²) in [7, 11) is -1.40. The first-order valence-corrected chi connectivity index (χ1v) is 8.69. The molecule has 0 aliphatic carbocycles. The van der Waals surface area contributed by atoms with Gasteiger partial charge in [-0.3, -0.25) is 4.99 Å². The quantitative estimate of drug-likeness (QED) is 0.329. The number of aliphatic imine (C=N–C) groups is 1. The van der Waals surface area contributed by atoms with Crippen LogP contribution in [0.1, 0.15) is 12.0 Å². The number of rotatable bonds is 8. The van der Waals surface area contributed by atoms with Crippen LogP contribution in [0.15, 0.2) is 48.0 Å². The van der Waals surface area contributed by atoms with Crippen LogP contribution in [-0.2, 0) is 15.6 Å². The van der Waals surface area contributed by atoms with E-state index in [-0.39, 0.29) is 11.5 Å². The Bertz CT molecular complexity index is 554. The van der Waals surface area contributed by atoms with E-state index in [2.05, 4.69) is 22.2 Å². The van der Waals surface area contributed by atoms with Crippen molar-refractivity contribution in [2.45, 2.75) is 12.2 Å². The molecule has 1 rings (SSSR count). The zero-order chi connectivity index (χ0) is 15.6. The van der Waals surface area contributed by atoms with Crippen LogP contribution >= 0.6 is 0 Å². The molecule has 0 aromatic heterocycles. The first-order chi connectivity index (χ1) is 10.1. The average molecular weight is 309 g/mol. The highest BCUT2D eigenvalue weighted by Crippen LogP contribution is 2.06. The van der Waals surface area contributed by atoms with E-state index < -0.39 is 9.84 Å². The lowest BCUT2D eigenvalue weighted by Crippen LogP contribution is -2.38. The molecule has 6 heteroatoms. The molecule has 5 nitrogen and oxygen atoms in total. The third-order valence-corrected chi connectivity index (χ3v) is 4.48. The molecule has 0 radical (unpaired) electrons. The van der Waals surface area contributed by atoms with Gasteiger partial charge in [0.1, 0.15) is 0 Å². The van der Waals surface area contributed by atoms with Crippen molar-refractivity contribution in [2.75, 3.05) is 25.9 Å². The first-order valence-electron chi connectivity index (χ1n) is 6.87. The van der Waals surface area contributed by atoms with Gasteiger partial charge in [0.2, 0.25) is 0 Å². The molecule has 1 aromatic rings. The summed E-state index contributed by atoms with van der Waals surface area (Å²) in [6.07, 6.45) is 2.28. The summed E-state index contributed by atoms with van der Waals surface area (Å²) in [6.45, 7) is 4.79. The summed E-state index contributed by atoms with van der Waals surface area (Å²) in [5.41, 5.74) is 0.828. The number of nitrogens with one attached hydrogen (secondary N) is 2. The maximum Gasteiger partial charge on any atom is 0.191 e. The molecule has 0 saturated heterocycles. The van der Waals surface area contributed by atoms with Gasteiger partial charge in [-0.05, 0) is 12.0 Å². The highest BCUT2D eigenvalue weighted by atomic mass is 32.2. The van der Waals surface area contributed by atoms with Gasteiger partial charge in [0.05, 0.1) is 11.5 Å². The molecule has 0 bridgehead atoms. The maximum absolute atomic E-state index is 12.0. The molecule has 0 aliphatic rings. The van der Waals surface area contributed by atoms with Crippen LogP contribution in [0.4, 0.5) is 0 Å². The second kappa shape index (κ2) is 9.18. The highest BCUT2D eigenvalue weighted by molar-refractivity contribution is 7.90. The minimum Gasteiger partial charge on any atom is -0.356 e. The minimum absolute atomic E-state index is 0.0945. The number of sulfone groups is 1. The van der Waals surface area contributed by atoms with Crippen LogP contribution < -0.4 is 10.6 Å². The van der Waals surface area contributed by atoms with E-state index in [9.17, 15) is 8.42 Å². The number of hydrogen-bond donors (Lipinski definition) is 2. The zero-order valence-corrected chi connectivity index (χ0v) is 13.2. The lowest BCUT2D eigenvalue weighted by Gasteiger charge is -2.10. The summed E-state index contributed by atoms with van der Waals surface area (Å²) >= 11 is 0. The molecule has 0 spiro atoms. The lowest BCUT2D eigenvalue weighted by molar-refractivity contribution is 0.591. The van der Waals surface area contributed by atoms with Gasteiger partial charge >= 0.3 is 0 Å². The molecule has 0 fully saturated rings. The van der Waals surface area contributed by atoms with Gasteiger partial charge in [-0.15, -0.1) is 6.58 Å². The van der Waals surface area contributed by atoms with Crippen LogP contribution in [0.3, 0.4) is 0 Å². The molecular weight excluding hydrogens is 286 g/mol. The Hall–Kier alpha value is -1.82. The Balaban J connectivity index is 2.32. The molecule has 0 atom stereocenters. The van der Waals surface area contributed by atoms with Gasteiger partial charge in [0.25, 0.3) is 0 Å². The number of benzene rings is 1. The smallest absolute Gasteiger partial charge is 0.191 e. The van der Waals surface area contributed by atoms with E-state index >= 15 is 0 Å². The van der Waals surface area contributed by atoms with Crippen molar-refractivity contribution < 1.29 is 8.42 Å². The molecule has 0 unspecified atom stereocenters. The van der Waals surface area contributed by atoms with Gasteiger partial charge in [-0.2, -0.15) is 0 Å². The van der Waals surface area contributed by atoms with Crippen LogP contribution in [0.5, 0.6) is 0 Å². The van der Waals surface area contributed by atoms with Crippen molar-refractivity contribution in [3.8, 4) is 0 Å². The molecular formula is C15H23N3O2S. The Morgan fingerprint density at radius 1 is 1.29 bits per heavy atom. The van der Waals surface area contributed by atoms with E-state index in [4.69, 9.17) is 0 Å². The van der Waals surface area contributed by atoms with Crippen LogP contribution in [0.2, 0.25) is 0 Å². The fourth-order valence-corrected chi connectivity index (χ4v) is 3.22. The predicted octanol–water partition coefficient (Wildman–Crippen LogP) is 1.34. The van der Waals surface area contributed by atoms with Gasteiger partial charge < -0.3 is 10.6 Å². The number of guanidine groups is 1. The Labute approximate surface area is 127 Å². The summed E-state index contributed by atoms with van der Waals surface area (Å²) in [5.74, 6) is 0.903. The lowest BCUT2D eigenvalue weighted by atomic mass is 10.2. The minimum atomic E-state index is -3.07. The Morgan fingerprint density at radius 2 is 2.00 bits per heavy atom. The highest BCUT2D eigenvalue weighted by Gasteiger charge is 2.11.